The maximum Gasteiger partial charge on any atom is 0.308 e. The van der Waals surface area contributed by atoms with Crippen LogP contribution in [0.1, 0.15) is 18.2 Å². The molecule has 138 valence electrons. The second-order valence-corrected chi connectivity index (χ2v) is 6.30. The summed E-state index contributed by atoms with van der Waals surface area (Å²) in [5, 5.41) is 0. The minimum atomic E-state index is -0.424. The summed E-state index contributed by atoms with van der Waals surface area (Å²) < 4.78 is 6.67. The van der Waals surface area contributed by atoms with Crippen LogP contribution in [0, 0.1) is 0 Å². The van der Waals surface area contributed by atoms with E-state index < -0.39 is 5.97 Å². The summed E-state index contributed by atoms with van der Waals surface area (Å²) in [6.07, 6.45) is 2.03. The molecule has 6 heteroatoms. The first-order valence-corrected chi connectivity index (χ1v) is 8.81. The molecule has 0 radical (unpaired) electrons. The van der Waals surface area contributed by atoms with Crippen LogP contribution in [0.25, 0.3) is 16.9 Å². The smallest absolute Gasteiger partial charge is 0.308 e. The fraction of sp³-hybridized carbons (Fsp3) is 0.0909. The fourth-order valence-corrected chi connectivity index (χ4v) is 3.06. The average Bonchev–Trinajstić information content (AvgIpc) is 2.69. The van der Waals surface area contributed by atoms with E-state index in [1.54, 1.807) is 36.5 Å². The van der Waals surface area contributed by atoms with Crippen molar-refractivity contribution in [2.75, 3.05) is 0 Å². The molecule has 4 rings (SSSR count). The van der Waals surface area contributed by atoms with Gasteiger partial charge in [0, 0.05) is 25.6 Å². The third kappa shape index (κ3) is 3.53. The van der Waals surface area contributed by atoms with E-state index in [0.717, 1.165) is 5.56 Å². The maximum absolute atomic E-state index is 13.3. The van der Waals surface area contributed by atoms with E-state index in [2.05, 4.69) is 9.97 Å². The lowest BCUT2D eigenvalue weighted by Gasteiger charge is -2.12. The number of fused-ring (bicyclic) bond motifs is 1. The predicted molar refractivity (Wildman–Crippen MR) is 106 cm³/mol. The first-order chi connectivity index (χ1) is 13.6. The summed E-state index contributed by atoms with van der Waals surface area (Å²) in [6, 6.07) is 20.1. The van der Waals surface area contributed by atoms with Gasteiger partial charge in [-0.2, -0.15) is 0 Å². The summed E-state index contributed by atoms with van der Waals surface area (Å²) in [7, 11) is 0. The zero-order valence-corrected chi connectivity index (χ0v) is 15.2. The quantitative estimate of drug-likeness (QED) is 0.406. The van der Waals surface area contributed by atoms with Crippen LogP contribution in [0.5, 0.6) is 5.75 Å². The number of pyridine rings is 1. The van der Waals surface area contributed by atoms with Crippen molar-refractivity contribution in [1.29, 1.82) is 0 Å². The van der Waals surface area contributed by atoms with Crippen LogP contribution in [-0.4, -0.2) is 20.5 Å². The molecule has 0 N–H and O–H groups in total. The van der Waals surface area contributed by atoms with Crippen LogP contribution >= 0.6 is 0 Å². The number of hydrogen-bond donors (Lipinski definition) is 0. The standard InChI is InChI=1S/C22H17N3O3/c1-15(26)28-18-10-5-9-17(14-18)25-21-19(11-6-12-23-21)24-20(22(25)27)13-16-7-3-2-4-8-16/h2-12,14H,13H2,1H3. The molecule has 6 nitrogen and oxygen atoms in total. The van der Waals surface area contributed by atoms with E-state index >= 15 is 0 Å². The van der Waals surface area contributed by atoms with E-state index in [1.807, 2.05) is 36.4 Å². The van der Waals surface area contributed by atoms with Crippen molar-refractivity contribution >= 4 is 17.1 Å². The van der Waals surface area contributed by atoms with Gasteiger partial charge in [-0.05, 0) is 29.8 Å². The van der Waals surface area contributed by atoms with Crippen LogP contribution in [0.15, 0.2) is 77.7 Å². The molecule has 0 saturated heterocycles. The van der Waals surface area contributed by atoms with Crippen molar-refractivity contribution in [1.82, 2.24) is 14.5 Å². The van der Waals surface area contributed by atoms with Gasteiger partial charge in [0.1, 0.15) is 17.0 Å². The highest BCUT2D eigenvalue weighted by Crippen LogP contribution is 2.19. The topological polar surface area (TPSA) is 74.1 Å². The Morgan fingerprint density at radius 3 is 2.64 bits per heavy atom. The van der Waals surface area contributed by atoms with Crippen molar-refractivity contribution in [3.05, 3.63) is 94.5 Å². The SMILES string of the molecule is CC(=O)Oc1cccc(-n2c(=O)c(Cc3ccccc3)nc3cccnc32)c1. The molecule has 2 aromatic carbocycles. The number of carbonyl (C=O) groups excluding carboxylic acids is 1. The van der Waals surface area contributed by atoms with Gasteiger partial charge in [0.15, 0.2) is 5.65 Å². The van der Waals surface area contributed by atoms with Crippen LogP contribution in [0.2, 0.25) is 0 Å². The molecule has 0 aliphatic rings. The number of benzene rings is 2. The Morgan fingerprint density at radius 2 is 1.86 bits per heavy atom. The minimum absolute atomic E-state index is 0.255. The Labute approximate surface area is 161 Å². The Hall–Kier alpha value is -3.80. The van der Waals surface area contributed by atoms with Crippen molar-refractivity contribution in [2.45, 2.75) is 13.3 Å². The molecule has 0 bridgehead atoms. The van der Waals surface area contributed by atoms with Gasteiger partial charge >= 0.3 is 5.97 Å². The number of carbonyl (C=O) groups is 1. The number of rotatable bonds is 4. The molecule has 0 spiro atoms. The predicted octanol–water partition coefficient (Wildman–Crippen LogP) is 3.30. The zero-order valence-electron chi connectivity index (χ0n) is 15.2. The Bertz CT molecular complexity index is 1220. The normalized spacial score (nSPS) is 10.8. The van der Waals surface area contributed by atoms with Crippen molar-refractivity contribution < 1.29 is 9.53 Å². The van der Waals surface area contributed by atoms with Gasteiger partial charge in [-0.1, -0.05) is 36.4 Å². The molecule has 0 aliphatic heterocycles. The lowest BCUT2D eigenvalue weighted by Crippen LogP contribution is -2.25. The average molecular weight is 371 g/mol. The zero-order chi connectivity index (χ0) is 19.5. The molecule has 0 amide bonds. The van der Waals surface area contributed by atoms with Gasteiger partial charge in [0.2, 0.25) is 0 Å². The van der Waals surface area contributed by atoms with Crippen LogP contribution < -0.4 is 10.3 Å². The van der Waals surface area contributed by atoms with E-state index in [0.29, 0.717) is 34.7 Å². The van der Waals surface area contributed by atoms with E-state index in [1.165, 1.54) is 11.5 Å². The molecule has 0 fully saturated rings. The molecule has 2 heterocycles. The van der Waals surface area contributed by atoms with Gasteiger partial charge < -0.3 is 4.74 Å². The highest BCUT2D eigenvalue weighted by Gasteiger charge is 2.14. The number of aromatic nitrogens is 3. The Kier molecular flexibility index (Phi) is 4.68. The Morgan fingerprint density at radius 1 is 1.04 bits per heavy atom. The second kappa shape index (κ2) is 7.44. The van der Waals surface area contributed by atoms with Crippen LogP contribution in [0.3, 0.4) is 0 Å². The first kappa shape index (κ1) is 17.6. The van der Waals surface area contributed by atoms with Crippen LogP contribution in [-0.2, 0) is 11.2 Å². The monoisotopic (exact) mass is 371 g/mol. The third-order valence-corrected chi connectivity index (χ3v) is 4.24. The lowest BCUT2D eigenvalue weighted by molar-refractivity contribution is -0.131. The molecule has 28 heavy (non-hydrogen) atoms. The summed E-state index contributed by atoms with van der Waals surface area (Å²) in [5.74, 6) is -0.0608. The molecule has 0 saturated carbocycles. The first-order valence-electron chi connectivity index (χ1n) is 8.81. The van der Waals surface area contributed by atoms with Gasteiger partial charge in [0.05, 0.1) is 5.69 Å². The molecular weight excluding hydrogens is 354 g/mol. The number of esters is 1. The van der Waals surface area contributed by atoms with Gasteiger partial charge in [-0.25, -0.2) is 9.97 Å². The summed E-state index contributed by atoms with van der Waals surface area (Å²) in [5.41, 5.74) is 2.79. The summed E-state index contributed by atoms with van der Waals surface area (Å²) in [4.78, 5) is 33.5. The number of hydrogen-bond acceptors (Lipinski definition) is 5. The van der Waals surface area contributed by atoms with Crippen molar-refractivity contribution in [3.8, 4) is 11.4 Å². The summed E-state index contributed by atoms with van der Waals surface area (Å²) in [6.45, 7) is 1.33. The lowest BCUT2D eigenvalue weighted by atomic mass is 10.1. The highest BCUT2D eigenvalue weighted by atomic mass is 16.5. The molecule has 4 aromatic rings. The van der Waals surface area contributed by atoms with E-state index in [-0.39, 0.29) is 5.56 Å². The van der Waals surface area contributed by atoms with Gasteiger partial charge in [0.25, 0.3) is 5.56 Å². The van der Waals surface area contributed by atoms with E-state index in [9.17, 15) is 9.59 Å². The van der Waals surface area contributed by atoms with E-state index in [4.69, 9.17) is 4.74 Å². The Balaban J connectivity index is 1.91. The maximum atomic E-state index is 13.3. The number of ether oxygens (including phenoxy) is 1. The number of nitrogens with zero attached hydrogens (tertiary/aromatic N) is 3. The molecule has 0 atom stereocenters. The van der Waals surface area contributed by atoms with Crippen molar-refractivity contribution in [3.63, 3.8) is 0 Å². The molecule has 0 unspecified atom stereocenters. The van der Waals surface area contributed by atoms with Gasteiger partial charge in [-0.15, -0.1) is 0 Å². The highest BCUT2D eigenvalue weighted by molar-refractivity contribution is 5.73. The van der Waals surface area contributed by atoms with Gasteiger partial charge in [-0.3, -0.25) is 14.2 Å². The fourth-order valence-electron chi connectivity index (χ4n) is 3.06. The largest absolute Gasteiger partial charge is 0.427 e. The minimum Gasteiger partial charge on any atom is -0.427 e. The van der Waals surface area contributed by atoms with Crippen LogP contribution in [0.4, 0.5) is 0 Å². The second-order valence-electron chi connectivity index (χ2n) is 6.30. The molecular formula is C22H17N3O3. The third-order valence-electron chi connectivity index (χ3n) is 4.24. The molecule has 0 aliphatic carbocycles. The van der Waals surface area contributed by atoms with Crippen molar-refractivity contribution in [2.24, 2.45) is 0 Å². The molecule has 2 aromatic heterocycles. The summed E-state index contributed by atoms with van der Waals surface area (Å²) >= 11 is 0.